The summed E-state index contributed by atoms with van der Waals surface area (Å²) in [5.74, 6) is 6.34. The molecule has 2 heterocycles. The molecule has 0 aromatic carbocycles. The van der Waals surface area contributed by atoms with Crippen LogP contribution in [0.4, 0.5) is 0 Å². The summed E-state index contributed by atoms with van der Waals surface area (Å²) < 4.78 is 5.38. The molecule has 90 valence electrons. The summed E-state index contributed by atoms with van der Waals surface area (Å²) in [4.78, 5) is 1.45. The molecule has 0 spiro atoms. The Hall–Kier alpha value is -0.420. The number of hydrazine groups is 1. The lowest BCUT2D eigenvalue weighted by molar-refractivity contribution is 0.0527. The van der Waals surface area contributed by atoms with Crippen molar-refractivity contribution in [2.24, 2.45) is 11.8 Å². The summed E-state index contributed by atoms with van der Waals surface area (Å²) >= 11 is 1.83. The molecule has 3 N–H and O–H groups in total. The zero-order valence-corrected chi connectivity index (χ0v) is 10.3. The normalized spacial score (nSPS) is 19.8. The molecule has 1 atom stereocenters. The Morgan fingerprint density at radius 3 is 2.94 bits per heavy atom. The summed E-state index contributed by atoms with van der Waals surface area (Å²) in [5, 5.41) is 2.13. The van der Waals surface area contributed by atoms with Crippen LogP contribution in [0.2, 0.25) is 0 Å². The van der Waals surface area contributed by atoms with E-state index < -0.39 is 0 Å². The summed E-state index contributed by atoms with van der Waals surface area (Å²) in [6.07, 6.45) is 4.53. The first-order valence-corrected chi connectivity index (χ1v) is 6.84. The van der Waals surface area contributed by atoms with Gasteiger partial charge < -0.3 is 4.74 Å². The van der Waals surface area contributed by atoms with Gasteiger partial charge in [-0.25, -0.2) is 0 Å². The van der Waals surface area contributed by atoms with Crippen LogP contribution in [0.3, 0.4) is 0 Å². The van der Waals surface area contributed by atoms with Crippen LogP contribution in [0.5, 0.6) is 0 Å². The van der Waals surface area contributed by atoms with Crippen LogP contribution < -0.4 is 11.3 Å². The lowest BCUT2D eigenvalue weighted by Crippen LogP contribution is -2.43. The van der Waals surface area contributed by atoms with Crippen LogP contribution in [0.25, 0.3) is 0 Å². The van der Waals surface area contributed by atoms with E-state index >= 15 is 0 Å². The second kappa shape index (κ2) is 6.35. The molecule has 0 amide bonds. The van der Waals surface area contributed by atoms with Gasteiger partial charge in [-0.3, -0.25) is 11.3 Å². The van der Waals surface area contributed by atoms with Crippen molar-refractivity contribution in [2.45, 2.75) is 31.7 Å². The summed E-state index contributed by atoms with van der Waals surface area (Å²) in [6, 6.07) is 4.74. The van der Waals surface area contributed by atoms with Crippen LogP contribution in [0.15, 0.2) is 17.5 Å². The molecule has 0 bridgehead atoms. The Balaban J connectivity index is 1.80. The quantitative estimate of drug-likeness (QED) is 0.611. The van der Waals surface area contributed by atoms with Gasteiger partial charge in [0.2, 0.25) is 0 Å². The fraction of sp³-hybridized carbons (Fsp3) is 0.667. The molecule has 1 fully saturated rings. The van der Waals surface area contributed by atoms with Crippen LogP contribution in [-0.2, 0) is 11.2 Å². The van der Waals surface area contributed by atoms with Crippen LogP contribution >= 0.6 is 11.3 Å². The van der Waals surface area contributed by atoms with Crippen molar-refractivity contribution < 1.29 is 4.74 Å². The minimum Gasteiger partial charge on any atom is -0.381 e. The molecule has 0 aliphatic carbocycles. The maximum atomic E-state index is 5.66. The first kappa shape index (κ1) is 12.0. The molecule has 1 saturated heterocycles. The highest BCUT2D eigenvalue weighted by molar-refractivity contribution is 7.09. The van der Waals surface area contributed by atoms with Crippen molar-refractivity contribution in [3.63, 3.8) is 0 Å². The predicted octanol–water partition coefficient (Wildman–Crippen LogP) is 1.94. The van der Waals surface area contributed by atoms with Crippen LogP contribution in [-0.4, -0.2) is 19.3 Å². The Kier molecular flexibility index (Phi) is 4.78. The van der Waals surface area contributed by atoms with E-state index in [1.165, 1.54) is 4.88 Å². The van der Waals surface area contributed by atoms with Gasteiger partial charge in [0, 0.05) is 24.1 Å². The molecular weight excluding hydrogens is 220 g/mol. The molecule has 3 nitrogen and oxygen atoms in total. The van der Waals surface area contributed by atoms with Crippen molar-refractivity contribution in [1.82, 2.24) is 5.43 Å². The summed E-state index contributed by atoms with van der Waals surface area (Å²) in [6.45, 7) is 1.78. The van der Waals surface area contributed by atoms with Gasteiger partial charge in [-0.05, 0) is 43.0 Å². The second-order valence-electron chi connectivity index (χ2n) is 4.34. The van der Waals surface area contributed by atoms with E-state index in [9.17, 15) is 0 Å². The molecule has 16 heavy (non-hydrogen) atoms. The maximum absolute atomic E-state index is 5.66. The lowest BCUT2D eigenvalue weighted by atomic mass is 9.89. The van der Waals surface area contributed by atoms with Gasteiger partial charge in [-0.15, -0.1) is 11.3 Å². The minimum atomic E-state index is 0.436. The molecule has 0 saturated carbocycles. The molecule has 4 heteroatoms. The number of nitrogens with one attached hydrogen (secondary N) is 1. The van der Waals surface area contributed by atoms with E-state index in [4.69, 9.17) is 10.6 Å². The van der Waals surface area contributed by atoms with E-state index in [1.807, 2.05) is 11.3 Å². The molecule has 1 aromatic rings. The first-order chi connectivity index (χ1) is 7.90. The highest BCUT2D eigenvalue weighted by atomic mass is 32.1. The molecule has 1 aliphatic heterocycles. The number of hydrogen-bond donors (Lipinski definition) is 2. The van der Waals surface area contributed by atoms with Gasteiger partial charge in [0.1, 0.15) is 0 Å². The highest BCUT2D eigenvalue weighted by Crippen LogP contribution is 2.22. The van der Waals surface area contributed by atoms with E-state index in [0.717, 1.165) is 38.9 Å². The fourth-order valence-corrected chi connectivity index (χ4v) is 3.05. The molecular formula is C12H20N2OS. The smallest absolute Gasteiger partial charge is 0.0469 e. The molecule has 1 aromatic heterocycles. The van der Waals surface area contributed by atoms with Gasteiger partial charge in [-0.1, -0.05) is 6.07 Å². The van der Waals surface area contributed by atoms with Crippen molar-refractivity contribution in [3.05, 3.63) is 22.4 Å². The van der Waals surface area contributed by atoms with Crippen molar-refractivity contribution in [2.75, 3.05) is 13.2 Å². The molecule has 1 aliphatic rings. The Morgan fingerprint density at radius 2 is 2.31 bits per heavy atom. The lowest BCUT2D eigenvalue weighted by Gasteiger charge is -2.29. The van der Waals surface area contributed by atoms with Crippen LogP contribution in [0.1, 0.15) is 24.1 Å². The topological polar surface area (TPSA) is 47.3 Å². The van der Waals surface area contributed by atoms with Crippen molar-refractivity contribution >= 4 is 11.3 Å². The number of hydrogen-bond acceptors (Lipinski definition) is 4. The van der Waals surface area contributed by atoms with E-state index in [1.54, 1.807) is 0 Å². The third-order valence-electron chi connectivity index (χ3n) is 3.33. The standard InChI is InChI=1S/C12H20N2OS/c13-14-12(10-5-7-15-8-6-10)4-3-11-2-1-9-16-11/h1-2,9-10,12,14H,3-8,13H2. The third-order valence-corrected chi connectivity index (χ3v) is 4.27. The zero-order valence-electron chi connectivity index (χ0n) is 9.52. The van der Waals surface area contributed by atoms with Gasteiger partial charge in [0.05, 0.1) is 0 Å². The van der Waals surface area contributed by atoms with Crippen LogP contribution in [0, 0.1) is 5.92 Å². The largest absolute Gasteiger partial charge is 0.381 e. The molecule has 2 rings (SSSR count). The number of thiophene rings is 1. The van der Waals surface area contributed by atoms with Crippen molar-refractivity contribution in [1.29, 1.82) is 0 Å². The average Bonchev–Trinajstić information content (AvgIpc) is 2.84. The van der Waals surface area contributed by atoms with Gasteiger partial charge in [-0.2, -0.15) is 0 Å². The third kappa shape index (κ3) is 3.28. The van der Waals surface area contributed by atoms with E-state index in [2.05, 4.69) is 22.9 Å². The average molecular weight is 240 g/mol. The Bertz CT molecular complexity index is 283. The number of nitrogens with two attached hydrogens (primary N) is 1. The number of rotatable bonds is 5. The van der Waals surface area contributed by atoms with E-state index in [-0.39, 0.29) is 0 Å². The Morgan fingerprint density at radius 1 is 1.50 bits per heavy atom. The first-order valence-electron chi connectivity index (χ1n) is 5.96. The minimum absolute atomic E-state index is 0.436. The number of aryl methyl sites for hydroxylation is 1. The summed E-state index contributed by atoms with van der Waals surface area (Å²) in [5.41, 5.74) is 2.98. The number of ether oxygens (including phenoxy) is 1. The van der Waals surface area contributed by atoms with Gasteiger partial charge >= 0.3 is 0 Å². The maximum Gasteiger partial charge on any atom is 0.0469 e. The zero-order chi connectivity index (χ0) is 11.2. The molecule has 0 radical (unpaired) electrons. The highest BCUT2D eigenvalue weighted by Gasteiger charge is 2.22. The predicted molar refractivity (Wildman–Crippen MR) is 67.3 cm³/mol. The van der Waals surface area contributed by atoms with E-state index in [0.29, 0.717) is 12.0 Å². The van der Waals surface area contributed by atoms with Gasteiger partial charge in [0.15, 0.2) is 0 Å². The Labute approximate surface area is 101 Å². The fourth-order valence-electron chi connectivity index (χ4n) is 2.33. The SMILES string of the molecule is NNC(CCc1cccs1)C1CCOCC1. The summed E-state index contributed by atoms with van der Waals surface area (Å²) in [7, 11) is 0. The monoisotopic (exact) mass is 240 g/mol. The molecule has 1 unspecified atom stereocenters. The van der Waals surface area contributed by atoms with Crippen molar-refractivity contribution in [3.8, 4) is 0 Å². The van der Waals surface area contributed by atoms with Gasteiger partial charge in [0.25, 0.3) is 0 Å². The second-order valence-corrected chi connectivity index (χ2v) is 5.37.